The van der Waals surface area contributed by atoms with E-state index in [1.54, 1.807) is 45.6 Å². The zero-order chi connectivity index (χ0) is 18.3. The van der Waals surface area contributed by atoms with E-state index in [1.165, 1.54) is 0 Å². The third-order valence-electron chi connectivity index (χ3n) is 4.28. The molecule has 0 saturated carbocycles. The number of amides is 1. The van der Waals surface area contributed by atoms with Crippen molar-refractivity contribution in [2.75, 3.05) is 26.2 Å². The molecule has 25 heavy (non-hydrogen) atoms. The lowest BCUT2D eigenvalue weighted by Crippen LogP contribution is -2.35. The summed E-state index contributed by atoms with van der Waals surface area (Å²) >= 11 is 0. The fourth-order valence-corrected chi connectivity index (χ4v) is 4.43. The number of carbonyl (C=O) groups excluding carboxylic acids is 1. The second-order valence-corrected chi connectivity index (χ2v) is 8.10. The minimum atomic E-state index is -3.43. The summed E-state index contributed by atoms with van der Waals surface area (Å²) in [5.74, 6) is -0.0357. The van der Waals surface area contributed by atoms with E-state index in [2.05, 4.69) is 13.2 Å². The normalized spacial score (nSPS) is 15.5. The SMILES string of the molecule is C=CCN(CC=C)C(=O)Cc1ccc(S(=O)(=O)N2CCCCC2)cc1. The summed E-state index contributed by atoms with van der Waals surface area (Å²) in [6.45, 7) is 9.41. The molecule has 1 fully saturated rings. The summed E-state index contributed by atoms with van der Waals surface area (Å²) in [5, 5.41) is 0. The Morgan fingerprint density at radius 2 is 1.60 bits per heavy atom. The number of sulfonamides is 1. The molecule has 0 spiro atoms. The summed E-state index contributed by atoms with van der Waals surface area (Å²) < 4.78 is 26.8. The first-order valence-corrected chi connectivity index (χ1v) is 10.0. The molecule has 1 saturated heterocycles. The van der Waals surface area contributed by atoms with Crippen LogP contribution in [0.2, 0.25) is 0 Å². The Kier molecular flexibility index (Phi) is 6.96. The van der Waals surface area contributed by atoms with Gasteiger partial charge in [-0.1, -0.05) is 30.7 Å². The Morgan fingerprint density at radius 3 is 2.12 bits per heavy atom. The van der Waals surface area contributed by atoms with Gasteiger partial charge in [-0.3, -0.25) is 4.79 Å². The van der Waals surface area contributed by atoms with Crippen molar-refractivity contribution in [2.24, 2.45) is 0 Å². The minimum Gasteiger partial charge on any atom is -0.335 e. The molecule has 1 aliphatic heterocycles. The van der Waals surface area contributed by atoms with Gasteiger partial charge in [0.25, 0.3) is 0 Å². The Hall–Kier alpha value is -1.92. The first-order valence-electron chi connectivity index (χ1n) is 8.57. The Bertz CT molecular complexity index is 695. The molecule has 0 unspecified atom stereocenters. The van der Waals surface area contributed by atoms with Gasteiger partial charge in [0.15, 0.2) is 0 Å². The van der Waals surface area contributed by atoms with Crippen LogP contribution in [0.1, 0.15) is 24.8 Å². The largest absolute Gasteiger partial charge is 0.335 e. The van der Waals surface area contributed by atoms with E-state index in [0.717, 1.165) is 24.8 Å². The summed E-state index contributed by atoms with van der Waals surface area (Å²) in [4.78, 5) is 14.3. The lowest BCUT2D eigenvalue weighted by Gasteiger charge is -2.26. The molecular formula is C19H26N2O3S. The molecule has 2 rings (SSSR count). The van der Waals surface area contributed by atoms with Crippen LogP contribution in [-0.2, 0) is 21.2 Å². The maximum atomic E-state index is 12.6. The molecule has 1 aromatic carbocycles. The van der Waals surface area contributed by atoms with Gasteiger partial charge in [-0.05, 0) is 30.5 Å². The van der Waals surface area contributed by atoms with Gasteiger partial charge in [0.05, 0.1) is 11.3 Å². The van der Waals surface area contributed by atoms with Crippen LogP contribution >= 0.6 is 0 Å². The van der Waals surface area contributed by atoms with Crippen molar-refractivity contribution in [1.82, 2.24) is 9.21 Å². The highest BCUT2D eigenvalue weighted by molar-refractivity contribution is 7.89. The highest BCUT2D eigenvalue weighted by Gasteiger charge is 2.25. The van der Waals surface area contributed by atoms with Crippen LogP contribution < -0.4 is 0 Å². The van der Waals surface area contributed by atoms with E-state index in [0.29, 0.717) is 31.1 Å². The molecule has 1 aromatic rings. The van der Waals surface area contributed by atoms with Gasteiger partial charge >= 0.3 is 0 Å². The van der Waals surface area contributed by atoms with Gasteiger partial charge in [0.1, 0.15) is 0 Å². The molecule has 5 nitrogen and oxygen atoms in total. The van der Waals surface area contributed by atoms with Gasteiger partial charge in [0.2, 0.25) is 15.9 Å². The maximum Gasteiger partial charge on any atom is 0.243 e. The average Bonchev–Trinajstić information content (AvgIpc) is 2.62. The summed E-state index contributed by atoms with van der Waals surface area (Å²) in [7, 11) is -3.43. The van der Waals surface area contributed by atoms with Gasteiger partial charge in [0, 0.05) is 26.2 Å². The van der Waals surface area contributed by atoms with E-state index in [-0.39, 0.29) is 12.3 Å². The van der Waals surface area contributed by atoms with E-state index in [9.17, 15) is 13.2 Å². The molecule has 6 heteroatoms. The number of hydrogen-bond donors (Lipinski definition) is 0. The van der Waals surface area contributed by atoms with Crippen LogP contribution in [0.4, 0.5) is 0 Å². The van der Waals surface area contributed by atoms with Gasteiger partial charge in [-0.2, -0.15) is 4.31 Å². The second kappa shape index (κ2) is 8.97. The van der Waals surface area contributed by atoms with Gasteiger partial charge < -0.3 is 4.90 Å². The predicted molar refractivity (Wildman–Crippen MR) is 99.7 cm³/mol. The van der Waals surface area contributed by atoms with Crippen molar-refractivity contribution in [3.8, 4) is 0 Å². The third-order valence-corrected chi connectivity index (χ3v) is 6.20. The van der Waals surface area contributed by atoms with Crippen LogP contribution in [0.25, 0.3) is 0 Å². The highest BCUT2D eigenvalue weighted by Crippen LogP contribution is 2.21. The maximum absolute atomic E-state index is 12.6. The number of rotatable bonds is 8. The summed E-state index contributed by atoms with van der Waals surface area (Å²) in [6, 6.07) is 6.62. The molecule has 136 valence electrons. The third kappa shape index (κ3) is 5.03. The van der Waals surface area contributed by atoms with Crippen LogP contribution in [-0.4, -0.2) is 49.7 Å². The minimum absolute atomic E-state index is 0.0357. The van der Waals surface area contributed by atoms with Crippen molar-refractivity contribution < 1.29 is 13.2 Å². The number of benzene rings is 1. The Balaban J connectivity index is 2.07. The fraction of sp³-hybridized carbons (Fsp3) is 0.421. The Labute approximate surface area is 150 Å². The van der Waals surface area contributed by atoms with E-state index >= 15 is 0 Å². The first kappa shape index (κ1) is 19.4. The molecule has 0 N–H and O–H groups in total. The van der Waals surface area contributed by atoms with Crippen LogP contribution in [0.3, 0.4) is 0 Å². The van der Waals surface area contributed by atoms with E-state index in [1.807, 2.05) is 0 Å². The Morgan fingerprint density at radius 1 is 1.04 bits per heavy atom. The van der Waals surface area contributed by atoms with Crippen molar-refractivity contribution in [3.63, 3.8) is 0 Å². The molecule has 1 heterocycles. The lowest BCUT2D eigenvalue weighted by atomic mass is 10.1. The lowest BCUT2D eigenvalue weighted by molar-refractivity contribution is -0.129. The monoisotopic (exact) mass is 362 g/mol. The van der Waals surface area contributed by atoms with Crippen molar-refractivity contribution in [3.05, 3.63) is 55.1 Å². The molecule has 0 aromatic heterocycles. The second-order valence-electron chi connectivity index (χ2n) is 6.16. The topological polar surface area (TPSA) is 57.7 Å². The molecule has 0 aliphatic carbocycles. The molecule has 1 amide bonds. The van der Waals surface area contributed by atoms with E-state index in [4.69, 9.17) is 0 Å². The van der Waals surface area contributed by atoms with Crippen molar-refractivity contribution >= 4 is 15.9 Å². The number of piperidine rings is 1. The summed E-state index contributed by atoms with van der Waals surface area (Å²) in [5.41, 5.74) is 0.792. The van der Waals surface area contributed by atoms with Crippen LogP contribution in [0, 0.1) is 0 Å². The number of hydrogen-bond acceptors (Lipinski definition) is 3. The average molecular weight is 362 g/mol. The molecule has 0 bridgehead atoms. The predicted octanol–water partition coefficient (Wildman–Crippen LogP) is 2.60. The van der Waals surface area contributed by atoms with Gasteiger partial charge in [-0.15, -0.1) is 13.2 Å². The first-order chi connectivity index (χ1) is 12.0. The molecule has 1 aliphatic rings. The number of nitrogens with zero attached hydrogens (tertiary/aromatic N) is 2. The molecule has 0 radical (unpaired) electrons. The van der Waals surface area contributed by atoms with E-state index < -0.39 is 10.0 Å². The zero-order valence-corrected chi connectivity index (χ0v) is 15.4. The smallest absolute Gasteiger partial charge is 0.243 e. The highest BCUT2D eigenvalue weighted by atomic mass is 32.2. The molecule has 0 atom stereocenters. The van der Waals surface area contributed by atoms with Crippen molar-refractivity contribution in [1.29, 1.82) is 0 Å². The number of carbonyl (C=O) groups is 1. The quantitative estimate of drug-likeness (QED) is 0.668. The van der Waals surface area contributed by atoms with Crippen molar-refractivity contribution in [2.45, 2.75) is 30.6 Å². The van der Waals surface area contributed by atoms with Gasteiger partial charge in [-0.25, -0.2) is 8.42 Å². The van der Waals surface area contributed by atoms with Crippen LogP contribution in [0.5, 0.6) is 0 Å². The van der Waals surface area contributed by atoms with Crippen LogP contribution in [0.15, 0.2) is 54.5 Å². The zero-order valence-electron chi connectivity index (χ0n) is 14.6. The fourth-order valence-electron chi connectivity index (χ4n) is 2.91. The summed E-state index contributed by atoms with van der Waals surface area (Å²) in [6.07, 6.45) is 6.48. The molecular weight excluding hydrogens is 336 g/mol. The standard InChI is InChI=1S/C19H26N2O3S/c1-3-12-20(13-4-2)19(22)16-17-8-10-18(11-9-17)25(23,24)21-14-6-5-7-15-21/h3-4,8-11H,1-2,5-7,12-16H2.